The predicted molar refractivity (Wildman–Crippen MR) is 151 cm³/mol. The third-order valence-corrected chi connectivity index (χ3v) is 8.54. The monoisotopic (exact) mass is 588 g/mol. The van der Waals surface area contributed by atoms with E-state index in [0.29, 0.717) is 29.8 Å². The Labute approximate surface area is 239 Å². The molecule has 12 nitrogen and oxygen atoms in total. The van der Waals surface area contributed by atoms with Gasteiger partial charge in [0.15, 0.2) is 0 Å². The molecule has 0 amide bonds. The Morgan fingerprint density at radius 2 is 1.98 bits per heavy atom. The fourth-order valence-electron chi connectivity index (χ4n) is 5.04. The van der Waals surface area contributed by atoms with Crippen molar-refractivity contribution in [1.82, 2.24) is 19.3 Å². The molecule has 3 aromatic rings. The number of nitrogens with zero attached hydrogens (tertiary/aromatic N) is 4. The minimum absolute atomic E-state index is 0.0333. The number of carbonyl (C=O) groups is 1. The van der Waals surface area contributed by atoms with Crippen LogP contribution in [0.5, 0.6) is 5.75 Å². The average molecular weight is 589 g/mol. The molecular weight excluding hydrogens is 552 g/mol. The number of benzene rings is 2. The summed E-state index contributed by atoms with van der Waals surface area (Å²) < 4.78 is 43.7. The molecule has 0 saturated heterocycles. The van der Waals surface area contributed by atoms with Crippen LogP contribution in [-0.4, -0.2) is 70.8 Å². The van der Waals surface area contributed by atoms with Gasteiger partial charge in [-0.2, -0.15) is 12.7 Å². The molecule has 0 bridgehead atoms. The van der Waals surface area contributed by atoms with Gasteiger partial charge in [0, 0.05) is 38.2 Å². The minimum atomic E-state index is -4.19. The van der Waals surface area contributed by atoms with E-state index in [9.17, 15) is 18.3 Å². The maximum Gasteiger partial charge on any atom is 0.388 e. The predicted octanol–water partition coefficient (Wildman–Crippen LogP) is 3.39. The molecule has 1 atom stereocenters. The van der Waals surface area contributed by atoms with E-state index in [2.05, 4.69) is 14.5 Å². The second kappa shape index (κ2) is 12.9. The molecule has 1 aliphatic rings. The largest absolute Gasteiger partial charge is 0.496 e. The van der Waals surface area contributed by atoms with E-state index in [-0.39, 0.29) is 38.7 Å². The minimum Gasteiger partial charge on any atom is -0.496 e. The summed E-state index contributed by atoms with van der Waals surface area (Å²) in [5, 5.41) is 27.4. The molecule has 0 fully saturated rings. The van der Waals surface area contributed by atoms with E-state index < -0.39 is 22.2 Å². The summed E-state index contributed by atoms with van der Waals surface area (Å²) >= 11 is 0. The van der Waals surface area contributed by atoms with Gasteiger partial charge in [0.25, 0.3) is 5.95 Å². The number of aliphatic hydroxyl groups excluding tert-OH is 2. The van der Waals surface area contributed by atoms with Gasteiger partial charge in [-0.1, -0.05) is 17.3 Å². The molecule has 1 unspecified atom stereocenters. The van der Waals surface area contributed by atoms with Crippen LogP contribution in [0.2, 0.25) is 0 Å². The fraction of sp³-hybridized carbons (Fsp3) is 0.464. The molecule has 41 heavy (non-hydrogen) atoms. The lowest BCUT2D eigenvalue weighted by molar-refractivity contribution is -0.143. The Balaban J connectivity index is 1.79. The fourth-order valence-corrected chi connectivity index (χ4v) is 5.98. The van der Waals surface area contributed by atoms with Gasteiger partial charge in [-0.05, 0) is 73.6 Å². The van der Waals surface area contributed by atoms with Crippen molar-refractivity contribution in [1.29, 1.82) is 0 Å². The first kappa shape index (κ1) is 30.3. The van der Waals surface area contributed by atoms with E-state index in [0.717, 1.165) is 38.5 Å². The van der Waals surface area contributed by atoms with E-state index in [4.69, 9.17) is 14.6 Å². The van der Waals surface area contributed by atoms with Crippen molar-refractivity contribution in [2.24, 2.45) is 0 Å². The molecule has 1 aliphatic heterocycles. The molecule has 4 rings (SSSR count). The molecule has 222 valence electrons. The number of aryl methyl sites for hydroxylation is 2. The Bertz CT molecular complexity index is 1550. The second-order valence-corrected chi connectivity index (χ2v) is 11.4. The van der Waals surface area contributed by atoms with Crippen LogP contribution in [0.25, 0.3) is 11.0 Å². The third-order valence-electron chi connectivity index (χ3n) is 7.25. The summed E-state index contributed by atoms with van der Waals surface area (Å²) in [7, 11) is -2.66. The van der Waals surface area contributed by atoms with Gasteiger partial charge in [0.1, 0.15) is 11.3 Å². The van der Waals surface area contributed by atoms with Crippen LogP contribution in [-0.2, 0) is 37.1 Å². The average Bonchev–Trinajstić information content (AvgIpc) is 3.34. The van der Waals surface area contributed by atoms with Crippen molar-refractivity contribution >= 4 is 27.3 Å². The SMILES string of the molecule is CCOC(=O)CC(c1cc(CN2CC=C(O)OS2(=O)=O)c(C)c(OC)c1)c1ccc2c(nnn2CCCCO)c1C. The normalized spacial score (nSPS) is 15.8. The van der Waals surface area contributed by atoms with Gasteiger partial charge in [-0.25, -0.2) is 4.68 Å². The van der Waals surface area contributed by atoms with Crippen LogP contribution in [0.3, 0.4) is 0 Å². The van der Waals surface area contributed by atoms with Crippen molar-refractivity contribution < 1.29 is 37.1 Å². The van der Waals surface area contributed by atoms with Crippen molar-refractivity contribution in [2.75, 3.05) is 26.9 Å². The van der Waals surface area contributed by atoms with Gasteiger partial charge < -0.3 is 23.9 Å². The van der Waals surface area contributed by atoms with Gasteiger partial charge in [-0.3, -0.25) is 4.79 Å². The topological polar surface area (TPSA) is 153 Å². The van der Waals surface area contributed by atoms with Gasteiger partial charge in [0.05, 0.1) is 25.7 Å². The molecule has 2 heterocycles. The van der Waals surface area contributed by atoms with Crippen LogP contribution >= 0.6 is 0 Å². The second-order valence-electron chi connectivity index (χ2n) is 9.84. The molecule has 2 N–H and O–H groups in total. The van der Waals surface area contributed by atoms with Crippen LogP contribution in [0.4, 0.5) is 0 Å². The van der Waals surface area contributed by atoms with Crippen molar-refractivity contribution in [3.63, 3.8) is 0 Å². The van der Waals surface area contributed by atoms with Gasteiger partial charge in [0.2, 0.25) is 0 Å². The number of methoxy groups -OCH3 is 1. The summed E-state index contributed by atoms with van der Waals surface area (Å²) in [6, 6.07) is 7.60. The number of hydrogen-bond acceptors (Lipinski definition) is 10. The highest BCUT2D eigenvalue weighted by molar-refractivity contribution is 7.84. The Kier molecular flexibility index (Phi) is 9.51. The first-order valence-corrected chi connectivity index (χ1v) is 14.8. The number of hydrogen-bond donors (Lipinski definition) is 2. The van der Waals surface area contributed by atoms with E-state index in [1.807, 2.05) is 42.8 Å². The van der Waals surface area contributed by atoms with Crippen molar-refractivity contribution in [2.45, 2.75) is 59.0 Å². The number of fused-ring (bicyclic) bond motifs is 1. The van der Waals surface area contributed by atoms with Crippen LogP contribution < -0.4 is 4.74 Å². The molecule has 1 aromatic heterocycles. The molecule has 13 heteroatoms. The summed E-state index contributed by atoms with van der Waals surface area (Å²) in [6.07, 6.45) is 2.75. The highest BCUT2D eigenvalue weighted by Gasteiger charge is 2.31. The van der Waals surface area contributed by atoms with E-state index >= 15 is 0 Å². The Morgan fingerprint density at radius 3 is 2.66 bits per heavy atom. The maximum atomic E-state index is 12.8. The highest BCUT2D eigenvalue weighted by Crippen LogP contribution is 2.37. The number of rotatable bonds is 12. The first-order valence-electron chi connectivity index (χ1n) is 13.4. The summed E-state index contributed by atoms with van der Waals surface area (Å²) in [6.45, 7) is 6.40. The lowest BCUT2D eigenvalue weighted by Gasteiger charge is -2.26. The van der Waals surface area contributed by atoms with Gasteiger partial charge >= 0.3 is 16.3 Å². The quantitative estimate of drug-likeness (QED) is 0.238. The highest BCUT2D eigenvalue weighted by atomic mass is 32.2. The Hall–Kier alpha value is -3.68. The molecule has 0 spiro atoms. The third kappa shape index (κ3) is 6.63. The molecule has 0 radical (unpaired) electrons. The Morgan fingerprint density at radius 1 is 1.20 bits per heavy atom. The number of ether oxygens (including phenoxy) is 2. The summed E-state index contributed by atoms with van der Waals surface area (Å²) in [5.74, 6) is -0.952. The molecule has 2 aromatic carbocycles. The number of aromatic nitrogens is 3. The van der Waals surface area contributed by atoms with E-state index in [1.54, 1.807) is 6.92 Å². The van der Waals surface area contributed by atoms with Crippen molar-refractivity contribution in [3.05, 3.63) is 64.1 Å². The zero-order chi connectivity index (χ0) is 29.7. The summed E-state index contributed by atoms with van der Waals surface area (Å²) in [5.41, 5.74) is 5.41. The van der Waals surface area contributed by atoms with Crippen LogP contribution in [0, 0.1) is 13.8 Å². The van der Waals surface area contributed by atoms with Gasteiger partial charge in [-0.15, -0.1) is 5.10 Å². The zero-order valence-electron chi connectivity index (χ0n) is 23.7. The lowest BCUT2D eigenvalue weighted by atomic mass is 9.84. The van der Waals surface area contributed by atoms with E-state index in [1.165, 1.54) is 13.2 Å². The molecular formula is C28H36N4O8S. The number of carbonyl (C=O) groups excluding carboxylic acids is 1. The van der Waals surface area contributed by atoms with Crippen LogP contribution in [0.15, 0.2) is 36.3 Å². The first-order chi connectivity index (χ1) is 19.6. The number of aliphatic hydroxyl groups is 2. The zero-order valence-corrected chi connectivity index (χ0v) is 24.5. The number of unbranched alkanes of at least 4 members (excludes halogenated alkanes) is 1. The smallest absolute Gasteiger partial charge is 0.388 e. The molecule has 0 saturated carbocycles. The summed E-state index contributed by atoms with van der Waals surface area (Å²) in [4.78, 5) is 12.8. The van der Waals surface area contributed by atoms with Crippen molar-refractivity contribution in [3.8, 4) is 5.75 Å². The maximum absolute atomic E-state index is 12.8. The standard InChI is InChI=1S/C28H36N4O8S/c1-5-39-27(35)16-23(22-8-9-24-28(19(22)3)29-30-32(24)11-6-7-13-33)20-14-21(18(2)25(15-20)38-4)17-31-12-10-26(34)40-41(31,36)37/h8-10,14-15,23,33-34H,5-7,11-13,16-17H2,1-4H3. The lowest BCUT2D eigenvalue weighted by Crippen LogP contribution is -2.35. The van der Waals surface area contributed by atoms with Crippen LogP contribution in [0.1, 0.15) is 59.9 Å². The molecule has 0 aliphatic carbocycles. The number of esters is 1.